The summed E-state index contributed by atoms with van der Waals surface area (Å²) >= 11 is 3.41. The van der Waals surface area contributed by atoms with E-state index in [4.69, 9.17) is 5.11 Å². The lowest BCUT2D eigenvalue weighted by atomic mass is 9.63. The van der Waals surface area contributed by atoms with E-state index >= 15 is 0 Å². The smallest absolute Gasteiger partial charge is 0.305 e. The van der Waals surface area contributed by atoms with Crippen LogP contribution in [0.25, 0.3) is 0 Å². The lowest BCUT2D eigenvalue weighted by Gasteiger charge is -2.44. The maximum atomic E-state index is 12.9. The van der Waals surface area contributed by atoms with Gasteiger partial charge in [-0.05, 0) is 37.5 Å². The van der Waals surface area contributed by atoms with Gasteiger partial charge in [0, 0.05) is 17.6 Å². The third kappa shape index (κ3) is 3.28. The molecule has 1 fully saturated rings. The van der Waals surface area contributed by atoms with Gasteiger partial charge in [0.1, 0.15) is 0 Å². The molecule has 5 heteroatoms. The van der Waals surface area contributed by atoms with Crippen molar-refractivity contribution in [2.24, 2.45) is 0 Å². The van der Waals surface area contributed by atoms with Crippen molar-refractivity contribution in [3.63, 3.8) is 0 Å². The van der Waals surface area contributed by atoms with Gasteiger partial charge in [-0.2, -0.15) is 0 Å². The lowest BCUT2D eigenvalue weighted by Crippen LogP contribution is -2.51. The first-order valence-corrected chi connectivity index (χ1v) is 8.06. The largest absolute Gasteiger partial charge is 0.481 e. The van der Waals surface area contributed by atoms with Gasteiger partial charge in [0.25, 0.3) is 0 Å². The number of benzene rings is 1. The van der Waals surface area contributed by atoms with Gasteiger partial charge in [-0.15, -0.1) is 0 Å². The third-order valence-electron chi connectivity index (χ3n) is 4.28. The van der Waals surface area contributed by atoms with Crippen molar-refractivity contribution in [1.82, 2.24) is 4.90 Å². The lowest BCUT2D eigenvalue weighted by molar-refractivity contribution is -0.142. The number of nitrogens with zero attached hydrogens (tertiary/aromatic N) is 1. The van der Waals surface area contributed by atoms with Gasteiger partial charge in [0.15, 0.2) is 0 Å². The number of carbonyl (C=O) groups is 2. The summed E-state index contributed by atoms with van der Waals surface area (Å²) in [5.74, 6) is -0.799. The number of likely N-dealkylation sites (N-methyl/N-ethyl adjacent to an activating group) is 1. The average molecular weight is 354 g/mol. The molecule has 0 aliphatic heterocycles. The predicted molar refractivity (Wildman–Crippen MR) is 84.2 cm³/mol. The molecule has 4 nitrogen and oxygen atoms in total. The molecule has 0 heterocycles. The van der Waals surface area contributed by atoms with Crippen molar-refractivity contribution in [1.29, 1.82) is 0 Å². The van der Waals surface area contributed by atoms with Crippen LogP contribution < -0.4 is 0 Å². The number of aliphatic carboxylic acids is 1. The summed E-state index contributed by atoms with van der Waals surface area (Å²) in [5.41, 5.74) is 0.589. The van der Waals surface area contributed by atoms with Gasteiger partial charge >= 0.3 is 5.97 Å². The Hall–Kier alpha value is -1.36. The minimum Gasteiger partial charge on any atom is -0.481 e. The molecule has 0 saturated heterocycles. The van der Waals surface area contributed by atoms with Gasteiger partial charge in [0.05, 0.1) is 11.8 Å². The van der Waals surface area contributed by atoms with Crippen LogP contribution in [0.1, 0.15) is 38.2 Å². The van der Waals surface area contributed by atoms with Gasteiger partial charge in [-0.25, -0.2) is 0 Å². The van der Waals surface area contributed by atoms with Crippen LogP contribution in [0.3, 0.4) is 0 Å². The summed E-state index contributed by atoms with van der Waals surface area (Å²) in [6.45, 7) is 2.72. The Labute approximate surface area is 133 Å². The molecule has 1 N–H and O–H groups in total. The average Bonchev–Trinajstić information content (AvgIpc) is 2.40. The number of amides is 1. The van der Waals surface area contributed by atoms with E-state index in [-0.39, 0.29) is 18.9 Å². The molecule has 0 spiro atoms. The number of carboxylic acid groups (broad SMARTS) is 1. The van der Waals surface area contributed by atoms with E-state index in [0.717, 1.165) is 29.3 Å². The predicted octanol–water partition coefficient (Wildman–Crippen LogP) is 3.19. The topological polar surface area (TPSA) is 57.6 Å². The van der Waals surface area contributed by atoms with Gasteiger partial charge in [-0.3, -0.25) is 9.59 Å². The highest BCUT2D eigenvalue weighted by Gasteiger charge is 2.47. The van der Waals surface area contributed by atoms with Crippen LogP contribution in [-0.2, 0) is 15.0 Å². The maximum absolute atomic E-state index is 12.9. The second-order valence-corrected chi connectivity index (χ2v) is 6.39. The first-order valence-electron chi connectivity index (χ1n) is 7.27. The fourth-order valence-electron chi connectivity index (χ4n) is 2.86. The molecular weight excluding hydrogens is 334 g/mol. The molecule has 0 aromatic heterocycles. The summed E-state index contributed by atoms with van der Waals surface area (Å²) in [7, 11) is 0. The van der Waals surface area contributed by atoms with E-state index in [9.17, 15) is 9.59 Å². The minimum absolute atomic E-state index is 0.00397. The van der Waals surface area contributed by atoms with Crippen molar-refractivity contribution in [2.75, 3.05) is 13.1 Å². The third-order valence-corrected chi connectivity index (χ3v) is 4.81. The molecular formula is C16H20BrNO3. The molecule has 0 atom stereocenters. The number of rotatable bonds is 6. The highest BCUT2D eigenvalue weighted by Crippen LogP contribution is 2.45. The second kappa shape index (κ2) is 6.60. The van der Waals surface area contributed by atoms with E-state index in [2.05, 4.69) is 15.9 Å². The Bertz CT molecular complexity index is 523. The normalized spacial score (nSPS) is 16.1. The quantitative estimate of drug-likeness (QED) is 0.854. The maximum Gasteiger partial charge on any atom is 0.305 e. The van der Waals surface area contributed by atoms with Crippen LogP contribution in [-0.4, -0.2) is 35.0 Å². The van der Waals surface area contributed by atoms with E-state index in [1.807, 2.05) is 31.2 Å². The Kier molecular flexibility index (Phi) is 5.04. The summed E-state index contributed by atoms with van der Waals surface area (Å²) < 4.78 is 0.992. The fraction of sp³-hybridized carbons (Fsp3) is 0.500. The highest BCUT2D eigenvalue weighted by molar-refractivity contribution is 9.10. The zero-order valence-electron chi connectivity index (χ0n) is 12.1. The van der Waals surface area contributed by atoms with E-state index in [0.29, 0.717) is 6.54 Å². The number of hydrogen-bond acceptors (Lipinski definition) is 2. The number of halogens is 1. The molecule has 114 valence electrons. The molecule has 21 heavy (non-hydrogen) atoms. The van der Waals surface area contributed by atoms with Crippen LogP contribution >= 0.6 is 15.9 Å². The molecule has 1 amide bonds. The Morgan fingerprint density at radius 1 is 1.29 bits per heavy atom. The fourth-order valence-corrected chi connectivity index (χ4v) is 3.13. The molecule has 0 unspecified atom stereocenters. The van der Waals surface area contributed by atoms with Crippen LogP contribution in [0, 0.1) is 0 Å². The Morgan fingerprint density at radius 3 is 2.33 bits per heavy atom. The number of carbonyl (C=O) groups excluding carboxylic acids is 1. The monoisotopic (exact) mass is 353 g/mol. The second-order valence-electron chi connectivity index (χ2n) is 5.47. The van der Waals surface area contributed by atoms with Crippen LogP contribution in [0.15, 0.2) is 28.7 Å². The van der Waals surface area contributed by atoms with Crippen LogP contribution in [0.4, 0.5) is 0 Å². The molecule has 1 aromatic carbocycles. The minimum atomic E-state index is -0.868. The zero-order chi connectivity index (χ0) is 15.5. The number of hydrogen-bond donors (Lipinski definition) is 1. The van der Waals surface area contributed by atoms with Crippen molar-refractivity contribution < 1.29 is 14.7 Å². The van der Waals surface area contributed by atoms with Crippen molar-refractivity contribution in [3.8, 4) is 0 Å². The molecule has 1 saturated carbocycles. The molecule has 1 aromatic rings. The summed E-state index contributed by atoms with van der Waals surface area (Å²) in [6, 6.07) is 7.89. The Morgan fingerprint density at radius 2 is 1.90 bits per heavy atom. The van der Waals surface area contributed by atoms with Crippen LogP contribution in [0.5, 0.6) is 0 Å². The molecule has 1 aliphatic carbocycles. The van der Waals surface area contributed by atoms with Crippen molar-refractivity contribution in [2.45, 2.75) is 38.0 Å². The van der Waals surface area contributed by atoms with Gasteiger partial charge in [0.2, 0.25) is 5.91 Å². The zero-order valence-corrected chi connectivity index (χ0v) is 13.7. The van der Waals surface area contributed by atoms with Gasteiger partial charge < -0.3 is 10.0 Å². The molecule has 0 bridgehead atoms. The van der Waals surface area contributed by atoms with E-state index in [1.54, 1.807) is 4.90 Å². The molecule has 1 aliphatic rings. The SMILES string of the molecule is CCN(CCC(=O)O)C(=O)C1(c2ccc(Br)cc2)CCC1. The first kappa shape index (κ1) is 16.0. The van der Waals surface area contributed by atoms with E-state index < -0.39 is 11.4 Å². The van der Waals surface area contributed by atoms with Crippen LogP contribution in [0.2, 0.25) is 0 Å². The standard InChI is InChI=1S/C16H20BrNO3/c1-2-18(11-8-14(19)20)15(21)16(9-3-10-16)12-4-6-13(17)7-5-12/h4-7H,2-3,8-11H2,1H3,(H,19,20). The van der Waals surface area contributed by atoms with Gasteiger partial charge in [-0.1, -0.05) is 34.5 Å². The molecule has 0 radical (unpaired) electrons. The number of carboxylic acids is 1. The van der Waals surface area contributed by atoms with Crippen molar-refractivity contribution >= 4 is 27.8 Å². The summed E-state index contributed by atoms with van der Waals surface area (Å²) in [5, 5.41) is 8.82. The summed E-state index contributed by atoms with van der Waals surface area (Å²) in [6.07, 6.45) is 2.72. The summed E-state index contributed by atoms with van der Waals surface area (Å²) in [4.78, 5) is 25.3. The van der Waals surface area contributed by atoms with E-state index in [1.165, 1.54) is 0 Å². The Balaban J connectivity index is 2.20. The first-order chi connectivity index (χ1) is 9.99. The van der Waals surface area contributed by atoms with Crippen molar-refractivity contribution in [3.05, 3.63) is 34.3 Å². The molecule has 2 rings (SSSR count). The highest BCUT2D eigenvalue weighted by atomic mass is 79.9.